The van der Waals surface area contributed by atoms with Crippen molar-refractivity contribution in [2.45, 2.75) is 6.04 Å². The molecule has 1 unspecified atom stereocenters. The molecule has 3 rings (SSSR count). The first-order valence-corrected chi connectivity index (χ1v) is 8.20. The second-order valence-electron chi connectivity index (χ2n) is 5.70. The SMILES string of the molecule is COc1cc(OC)cc(C(=O)NC(c2ccccc2)c2ccncc2)c1. The molecule has 1 aromatic heterocycles. The molecule has 0 fully saturated rings. The van der Waals surface area contributed by atoms with E-state index in [0.717, 1.165) is 11.1 Å². The number of rotatable bonds is 6. The highest BCUT2D eigenvalue weighted by atomic mass is 16.5. The lowest BCUT2D eigenvalue weighted by Gasteiger charge is -2.20. The Bertz CT molecular complexity index is 805. The molecule has 1 atom stereocenters. The molecule has 0 aliphatic rings. The van der Waals surface area contributed by atoms with Crippen molar-refractivity contribution in [1.29, 1.82) is 0 Å². The Kier molecular flexibility index (Phi) is 5.49. The Morgan fingerprint density at radius 2 is 1.46 bits per heavy atom. The Labute approximate surface area is 152 Å². The van der Waals surface area contributed by atoms with Crippen LogP contribution in [0.3, 0.4) is 0 Å². The van der Waals surface area contributed by atoms with E-state index in [1.54, 1.807) is 44.8 Å². The van der Waals surface area contributed by atoms with Gasteiger partial charge in [-0.15, -0.1) is 0 Å². The summed E-state index contributed by atoms with van der Waals surface area (Å²) in [7, 11) is 3.11. The van der Waals surface area contributed by atoms with Crippen molar-refractivity contribution < 1.29 is 14.3 Å². The van der Waals surface area contributed by atoms with Crippen LogP contribution in [-0.4, -0.2) is 25.1 Å². The van der Waals surface area contributed by atoms with Crippen molar-refractivity contribution >= 4 is 5.91 Å². The number of aromatic nitrogens is 1. The Hall–Kier alpha value is -3.34. The van der Waals surface area contributed by atoms with E-state index in [1.807, 2.05) is 42.5 Å². The van der Waals surface area contributed by atoms with Gasteiger partial charge in [0.1, 0.15) is 11.5 Å². The van der Waals surface area contributed by atoms with Crippen molar-refractivity contribution in [3.05, 3.63) is 89.7 Å². The van der Waals surface area contributed by atoms with Gasteiger partial charge in [0.25, 0.3) is 5.91 Å². The third-order valence-corrected chi connectivity index (χ3v) is 4.06. The van der Waals surface area contributed by atoms with E-state index >= 15 is 0 Å². The molecule has 0 spiro atoms. The van der Waals surface area contributed by atoms with Gasteiger partial charge in [-0.3, -0.25) is 9.78 Å². The molecule has 132 valence electrons. The van der Waals surface area contributed by atoms with E-state index in [9.17, 15) is 4.79 Å². The number of carbonyl (C=O) groups is 1. The van der Waals surface area contributed by atoms with Crippen molar-refractivity contribution in [3.63, 3.8) is 0 Å². The van der Waals surface area contributed by atoms with Crippen LogP contribution in [0.1, 0.15) is 27.5 Å². The van der Waals surface area contributed by atoms with Gasteiger partial charge in [-0.25, -0.2) is 0 Å². The summed E-state index contributed by atoms with van der Waals surface area (Å²) >= 11 is 0. The molecule has 5 nitrogen and oxygen atoms in total. The van der Waals surface area contributed by atoms with Crippen molar-refractivity contribution in [3.8, 4) is 11.5 Å². The fraction of sp³-hybridized carbons (Fsp3) is 0.143. The summed E-state index contributed by atoms with van der Waals surface area (Å²) in [5, 5.41) is 3.09. The highest BCUT2D eigenvalue weighted by Crippen LogP contribution is 2.25. The molecule has 0 bridgehead atoms. The van der Waals surface area contributed by atoms with Gasteiger partial charge in [-0.1, -0.05) is 30.3 Å². The van der Waals surface area contributed by atoms with Crippen LogP contribution in [0.4, 0.5) is 0 Å². The van der Waals surface area contributed by atoms with Gasteiger partial charge in [-0.05, 0) is 35.4 Å². The molecular formula is C21H20N2O3. The summed E-state index contributed by atoms with van der Waals surface area (Å²) in [5.74, 6) is 0.914. The van der Waals surface area contributed by atoms with Crippen LogP contribution in [-0.2, 0) is 0 Å². The molecular weight excluding hydrogens is 328 g/mol. The Balaban J connectivity index is 1.93. The second-order valence-corrected chi connectivity index (χ2v) is 5.70. The average molecular weight is 348 g/mol. The summed E-state index contributed by atoms with van der Waals surface area (Å²) < 4.78 is 10.5. The van der Waals surface area contributed by atoms with Crippen LogP contribution in [0.25, 0.3) is 0 Å². The average Bonchev–Trinajstić information content (AvgIpc) is 2.72. The second kappa shape index (κ2) is 8.16. The molecule has 2 aromatic carbocycles. The quantitative estimate of drug-likeness (QED) is 0.739. The molecule has 1 amide bonds. The first-order valence-electron chi connectivity index (χ1n) is 8.20. The number of hydrogen-bond acceptors (Lipinski definition) is 4. The molecule has 0 radical (unpaired) electrons. The van der Waals surface area contributed by atoms with Crippen LogP contribution in [0, 0.1) is 0 Å². The fourth-order valence-electron chi connectivity index (χ4n) is 2.71. The highest BCUT2D eigenvalue weighted by molar-refractivity contribution is 5.95. The number of pyridine rings is 1. The first-order chi connectivity index (χ1) is 12.7. The largest absolute Gasteiger partial charge is 0.497 e. The third-order valence-electron chi connectivity index (χ3n) is 4.06. The highest BCUT2D eigenvalue weighted by Gasteiger charge is 2.18. The molecule has 5 heteroatoms. The van der Waals surface area contributed by atoms with Crippen LogP contribution in [0.5, 0.6) is 11.5 Å². The maximum Gasteiger partial charge on any atom is 0.252 e. The van der Waals surface area contributed by atoms with Gasteiger partial charge in [0.05, 0.1) is 20.3 Å². The fourth-order valence-corrected chi connectivity index (χ4v) is 2.71. The summed E-state index contributed by atoms with van der Waals surface area (Å²) in [5.41, 5.74) is 2.41. The standard InChI is InChI=1S/C21H20N2O3/c1-25-18-12-17(13-19(14-18)26-2)21(24)23-20(15-6-4-3-5-7-15)16-8-10-22-11-9-16/h3-14,20H,1-2H3,(H,23,24). The zero-order chi connectivity index (χ0) is 18.4. The van der Waals surface area contributed by atoms with Crippen molar-refractivity contribution in [1.82, 2.24) is 10.3 Å². The molecule has 26 heavy (non-hydrogen) atoms. The minimum absolute atomic E-state index is 0.215. The number of hydrogen-bond donors (Lipinski definition) is 1. The molecule has 3 aromatic rings. The summed E-state index contributed by atoms with van der Waals surface area (Å²) in [6.45, 7) is 0. The molecule has 0 saturated heterocycles. The lowest BCUT2D eigenvalue weighted by atomic mass is 9.99. The smallest absolute Gasteiger partial charge is 0.252 e. The minimum Gasteiger partial charge on any atom is -0.497 e. The third kappa shape index (κ3) is 4.00. The van der Waals surface area contributed by atoms with Crippen LogP contribution in [0.2, 0.25) is 0 Å². The maximum atomic E-state index is 12.9. The van der Waals surface area contributed by atoms with E-state index < -0.39 is 0 Å². The maximum absolute atomic E-state index is 12.9. The van der Waals surface area contributed by atoms with E-state index in [4.69, 9.17) is 9.47 Å². The normalized spacial score (nSPS) is 11.5. The molecule has 0 aliphatic carbocycles. The summed E-state index contributed by atoms with van der Waals surface area (Å²) in [6.07, 6.45) is 3.43. The van der Waals surface area contributed by atoms with Gasteiger partial charge < -0.3 is 14.8 Å². The number of benzene rings is 2. The molecule has 0 saturated carbocycles. The monoisotopic (exact) mass is 348 g/mol. The van der Waals surface area contributed by atoms with E-state index in [1.165, 1.54) is 0 Å². The number of methoxy groups -OCH3 is 2. The number of amides is 1. The van der Waals surface area contributed by atoms with Crippen molar-refractivity contribution in [2.75, 3.05) is 14.2 Å². The van der Waals surface area contributed by atoms with Gasteiger partial charge in [0, 0.05) is 24.0 Å². The van der Waals surface area contributed by atoms with Gasteiger partial charge in [0.15, 0.2) is 0 Å². The summed E-state index contributed by atoms with van der Waals surface area (Å²) in [4.78, 5) is 17.0. The molecule has 0 aliphatic heterocycles. The van der Waals surface area contributed by atoms with Gasteiger partial charge in [-0.2, -0.15) is 0 Å². The number of carbonyl (C=O) groups excluding carboxylic acids is 1. The Morgan fingerprint density at radius 1 is 0.885 bits per heavy atom. The number of nitrogens with one attached hydrogen (secondary N) is 1. The predicted molar refractivity (Wildman–Crippen MR) is 99.5 cm³/mol. The zero-order valence-corrected chi connectivity index (χ0v) is 14.7. The minimum atomic E-state index is -0.288. The number of ether oxygens (including phenoxy) is 2. The van der Waals surface area contributed by atoms with Gasteiger partial charge >= 0.3 is 0 Å². The molecule has 1 heterocycles. The predicted octanol–water partition coefficient (Wildman–Crippen LogP) is 3.62. The van der Waals surface area contributed by atoms with Gasteiger partial charge in [0.2, 0.25) is 0 Å². The first kappa shape index (κ1) is 17.5. The topological polar surface area (TPSA) is 60.5 Å². The lowest BCUT2D eigenvalue weighted by molar-refractivity contribution is 0.0942. The summed E-state index contributed by atoms with van der Waals surface area (Å²) in [6, 6.07) is 18.4. The van der Waals surface area contributed by atoms with Crippen LogP contribution < -0.4 is 14.8 Å². The molecule has 1 N–H and O–H groups in total. The van der Waals surface area contributed by atoms with Crippen molar-refractivity contribution in [2.24, 2.45) is 0 Å². The lowest BCUT2D eigenvalue weighted by Crippen LogP contribution is -2.29. The van der Waals surface area contributed by atoms with E-state index in [2.05, 4.69) is 10.3 Å². The van der Waals surface area contributed by atoms with E-state index in [-0.39, 0.29) is 11.9 Å². The van der Waals surface area contributed by atoms with Crippen LogP contribution >= 0.6 is 0 Å². The Morgan fingerprint density at radius 3 is 2.04 bits per heavy atom. The van der Waals surface area contributed by atoms with Crippen LogP contribution in [0.15, 0.2) is 73.1 Å². The zero-order valence-electron chi connectivity index (χ0n) is 14.7. The van der Waals surface area contributed by atoms with E-state index in [0.29, 0.717) is 17.1 Å². The number of nitrogens with zero attached hydrogens (tertiary/aromatic N) is 1.